The Hall–Kier alpha value is -2.21. The lowest BCUT2D eigenvalue weighted by Gasteiger charge is -2.05. The Morgan fingerprint density at radius 2 is 2.05 bits per heavy atom. The van der Waals surface area contributed by atoms with Crippen molar-refractivity contribution in [2.75, 3.05) is 5.32 Å². The first kappa shape index (κ1) is 14.2. The zero-order chi connectivity index (χ0) is 14.5. The number of benzene rings is 1. The lowest BCUT2D eigenvalue weighted by Crippen LogP contribution is -2.15. The first-order valence-corrected chi connectivity index (χ1v) is 6.57. The van der Waals surface area contributed by atoms with Gasteiger partial charge in [0.05, 0.1) is 12.0 Å². The fourth-order valence-electron chi connectivity index (χ4n) is 1.61. The molecule has 0 radical (unpaired) electrons. The quantitative estimate of drug-likeness (QED) is 0.900. The molecule has 20 heavy (non-hydrogen) atoms. The molecule has 5 nitrogen and oxygen atoms in total. The minimum absolute atomic E-state index is 0.0787. The van der Waals surface area contributed by atoms with E-state index in [2.05, 4.69) is 26.2 Å². The molecule has 0 unspecified atom stereocenters. The standard InChI is InChI=1S/C14H11BrN2O3/c15-11-3-1-2-9(6-11)7-13(18)17-12-5-4-10(8-16-12)14(19)20/h1-6,8H,7H2,(H,19,20)(H,16,17,18). The van der Waals surface area contributed by atoms with Crippen molar-refractivity contribution >= 4 is 33.6 Å². The molecule has 1 aromatic heterocycles. The number of carboxylic acids is 1. The van der Waals surface area contributed by atoms with Crippen molar-refractivity contribution in [2.45, 2.75) is 6.42 Å². The maximum Gasteiger partial charge on any atom is 0.337 e. The summed E-state index contributed by atoms with van der Waals surface area (Å²) >= 11 is 3.34. The summed E-state index contributed by atoms with van der Waals surface area (Å²) < 4.78 is 0.909. The second-order valence-corrected chi connectivity index (χ2v) is 5.01. The van der Waals surface area contributed by atoms with Crippen LogP contribution < -0.4 is 5.32 Å². The van der Waals surface area contributed by atoms with Crippen LogP contribution in [0.25, 0.3) is 0 Å². The molecule has 1 aromatic carbocycles. The summed E-state index contributed by atoms with van der Waals surface area (Å²) in [5.41, 5.74) is 0.953. The van der Waals surface area contributed by atoms with Gasteiger partial charge in [0.15, 0.2) is 0 Å². The molecule has 6 heteroatoms. The van der Waals surface area contributed by atoms with Gasteiger partial charge >= 0.3 is 5.97 Å². The summed E-state index contributed by atoms with van der Waals surface area (Å²) in [6, 6.07) is 10.3. The van der Waals surface area contributed by atoms with Crippen LogP contribution in [0.5, 0.6) is 0 Å². The summed E-state index contributed by atoms with van der Waals surface area (Å²) in [6.45, 7) is 0. The average molecular weight is 335 g/mol. The lowest BCUT2D eigenvalue weighted by molar-refractivity contribution is -0.115. The number of carbonyl (C=O) groups is 2. The number of amides is 1. The molecule has 102 valence electrons. The molecule has 0 aliphatic heterocycles. The van der Waals surface area contributed by atoms with Crippen LogP contribution in [0.15, 0.2) is 47.1 Å². The topological polar surface area (TPSA) is 79.3 Å². The van der Waals surface area contributed by atoms with E-state index >= 15 is 0 Å². The zero-order valence-electron chi connectivity index (χ0n) is 10.3. The van der Waals surface area contributed by atoms with E-state index in [1.54, 1.807) is 0 Å². The van der Waals surface area contributed by atoms with Crippen molar-refractivity contribution < 1.29 is 14.7 Å². The number of hydrogen-bond donors (Lipinski definition) is 2. The number of carbonyl (C=O) groups excluding carboxylic acids is 1. The molecule has 2 rings (SSSR count). The van der Waals surface area contributed by atoms with Crippen LogP contribution in [0.3, 0.4) is 0 Å². The number of halogens is 1. The van der Waals surface area contributed by atoms with E-state index in [1.165, 1.54) is 18.3 Å². The van der Waals surface area contributed by atoms with Crippen molar-refractivity contribution in [3.63, 3.8) is 0 Å². The number of anilines is 1. The van der Waals surface area contributed by atoms with Crippen molar-refractivity contribution in [3.8, 4) is 0 Å². The number of carboxylic acid groups (broad SMARTS) is 1. The van der Waals surface area contributed by atoms with E-state index < -0.39 is 5.97 Å². The third kappa shape index (κ3) is 3.89. The smallest absolute Gasteiger partial charge is 0.337 e. The Morgan fingerprint density at radius 1 is 1.25 bits per heavy atom. The minimum atomic E-state index is -1.05. The summed E-state index contributed by atoms with van der Waals surface area (Å²) in [4.78, 5) is 26.4. The highest BCUT2D eigenvalue weighted by Crippen LogP contribution is 2.13. The van der Waals surface area contributed by atoms with E-state index in [0.29, 0.717) is 5.82 Å². The molecule has 0 aliphatic rings. The monoisotopic (exact) mass is 334 g/mol. The predicted octanol–water partition coefficient (Wildman–Crippen LogP) is 2.72. The fourth-order valence-corrected chi connectivity index (χ4v) is 2.06. The number of aromatic nitrogens is 1. The normalized spacial score (nSPS) is 10.1. The maximum absolute atomic E-state index is 11.8. The molecule has 0 fully saturated rings. The number of aromatic carboxylic acids is 1. The summed E-state index contributed by atoms with van der Waals surface area (Å²) in [6.07, 6.45) is 1.43. The molecule has 0 saturated heterocycles. The van der Waals surface area contributed by atoms with Crippen LogP contribution in [0, 0.1) is 0 Å². The van der Waals surface area contributed by atoms with Gasteiger partial charge in [0.2, 0.25) is 5.91 Å². The predicted molar refractivity (Wildman–Crippen MR) is 77.7 cm³/mol. The van der Waals surface area contributed by atoms with Gasteiger partial charge in [0, 0.05) is 10.7 Å². The van der Waals surface area contributed by atoms with Gasteiger partial charge in [0.25, 0.3) is 0 Å². The van der Waals surface area contributed by atoms with Crippen molar-refractivity contribution in [1.29, 1.82) is 0 Å². The Bertz CT molecular complexity index is 641. The second kappa shape index (κ2) is 6.29. The number of hydrogen-bond acceptors (Lipinski definition) is 3. The van der Waals surface area contributed by atoms with Crippen LogP contribution in [0.1, 0.15) is 15.9 Å². The van der Waals surface area contributed by atoms with E-state index in [9.17, 15) is 9.59 Å². The van der Waals surface area contributed by atoms with E-state index in [1.807, 2.05) is 24.3 Å². The van der Waals surface area contributed by atoms with Gasteiger partial charge in [-0.25, -0.2) is 9.78 Å². The van der Waals surface area contributed by atoms with E-state index in [0.717, 1.165) is 10.0 Å². The number of nitrogens with one attached hydrogen (secondary N) is 1. The average Bonchev–Trinajstić information content (AvgIpc) is 2.39. The first-order valence-electron chi connectivity index (χ1n) is 5.78. The molecule has 2 N–H and O–H groups in total. The molecule has 0 atom stereocenters. The van der Waals surface area contributed by atoms with Crippen LogP contribution in [-0.2, 0) is 11.2 Å². The Morgan fingerprint density at radius 3 is 2.65 bits per heavy atom. The molecule has 0 spiro atoms. The summed E-state index contributed by atoms with van der Waals surface area (Å²) in [5.74, 6) is -0.932. The Labute approximate surface area is 123 Å². The lowest BCUT2D eigenvalue weighted by atomic mass is 10.1. The van der Waals surface area contributed by atoms with E-state index in [-0.39, 0.29) is 17.9 Å². The van der Waals surface area contributed by atoms with Crippen LogP contribution in [0.4, 0.5) is 5.82 Å². The summed E-state index contributed by atoms with van der Waals surface area (Å²) in [5, 5.41) is 11.4. The van der Waals surface area contributed by atoms with Crippen molar-refractivity contribution in [1.82, 2.24) is 4.98 Å². The van der Waals surface area contributed by atoms with Gasteiger partial charge < -0.3 is 10.4 Å². The minimum Gasteiger partial charge on any atom is -0.478 e. The molecule has 1 heterocycles. The van der Waals surface area contributed by atoms with Crippen LogP contribution >= 0.6 is 15.9 Å². The second-order valence-electron chi connectivity index (χ2n) is 4.09. The van der Waals surface area contributed by atoms with E-state index in [4.69, 9.17) is 5.11 Å². The molecule has 0 bridgehead atoms. The Balaban J connectivity index is 1.99. The number of rotatable bonds is 4. The number of nitrogens with zero attached hydrogens (tertiary/aromatic N) is 1. The highest BCUT2D eigenvalue weighted by atomic mass is 79.9. The molecular weight excluding hydrogens is 324 g/mol. The van der Waals surface area contributed by atoms with Crippen LogP contribution in [-0.4, -0.2) is 22.0 Å². The summed E-state index contributed by atoms with van der Waals surface area (Å²) in [7, 11) is 0. The van der Waals surface area contributed by atoms with Crippen molar-refractivity contribution in [3.05, 3.63) is 58.2 Å². The zero-order valence-corrected chi connectivity index (χ0v) is 11.9. The van der Waals surface area contributed by atoms with Gasteiger partial charge in [-0.3, -0.25) is 4.79 Å². The van der Waals surface area contributed by atoms with Gasteiger partial charge in [-0.15, -0.1) is 0 Å². The van der Waals surface area contributed by atoms with Crippen LogP contribution in [0.2, 0.25) is 0 Å². The SMILES string of the molecule is O=C(Cc1cccc(Br)c1)Nc1ccc(C(=O)O)cn1. The van der Waals surface area contributed by atoms with Gasteiger partial charge in [0.1, 0.15) is 5.82 Å². The molecule has 1 amide bonds. The largest absolute Gasteiger partial charge is 0.478 e. The van der Waals surface area contributed by atoms with Gasteiger partial charge in [-0.2, -0.15) is 0 Å². The molecule has 0 aliphatic carbocycles. The Kier molecular flexibility index (Phi) is 4.47. The van der Waals surface area contributed by atoms with Gasteiger partial charge in [-0.05, 0) is 29.8 Å². The first-order chi connectivity index (χ1) is 9.54. The third-order valence-electron chi connectivity index (χ3n) is 2.53. The highest BCUT2D eigenvalue weighted by molar-refractivity contribution is 9.10. The number of pyridine rings is 1. The fraction of sp³-hybridized carbons (Fsp3) is 0.0714. The molecule has 2 aromatic rings. The molecule has 0 saturated carbocycles. The van der Waals surface area contributed by atoms with Crippen molar-refractivity contribution in [2.24, 2.45) is 0 Å². The van der Waals surface area contributed by atoms with Gasteiger partial charge in [-0.1, -0.05) is 28.1 Å². The third-order valence-corrected chi connectivity index (χ3v) is 3.02. The maximum atomic E-state index is 11.8. The molecular formula is C14H11BrN2O3. The highest BCUT2D eigenvalue weighted by Gasteiger charge is 2.07.